The lowest BCUT2D eigenvalue weighted by molar-refractivity contribution is -0.123. The Morgan fingerprint density at radius 3 is 2.30 bits per heavy atom. The molecule has 2 rings (SSSR count). The first kappa shape index (κ1) is 21.2. The number of carbonyl (C=O) groups excluding carboxylic acids is 1. The van der Waals surface area contributed by atoms with Gasteiger partial charge in [-0.1, -0.05) is 12.1 Å². The van der Waals surface area contributed by atoms with E-state index in [2.05, 4.69) is 18.1 Å². The number of ketones is 1. The van der Waals surface area contributed by atoms with Crippen molar-refractivity contribution in [2.24, 2.45) is 0 Å². The first-order chi connectivity index (χ1) is 11.2. The highest BCUT2D eigenvalue weighted by Crippen LogP contribution is 2.23. The maximum atomic E-state index is 11.0. The van der Waals surface area contributed by atoms with Gasteiger partial charge >= 0.3 is 0 Å². The molecule has 1 aromatic heterocycles. The van der Waals surface area contributed by atoms with Gasteiger partial charge in [0.2, 0.25) is 0 Å². The molecule has 23 heavy (non-hydrogen) atoms. The van der Waals surface area contributed by atoms with Crippen LogP contribution in [0.3, 0.4) is 0 Å². The predicted molar refractivity (Wildman–Crippen MR) is 95.0 cm³/mol. The van der Waals surface area contributed by atoms with Gasteiger partial charge in [-0.25, -0.2) is 0 Å². The van der Waals surface area contributed by atoms with Crippen molar-refractivity contribution in [1.29, 1.82) is 0 Å². The highest BCUT2D eigenvalue weighted by Gasteiger charge is 2.11. The second kappa shape index (κ2) is 13.9. The molecule has 128 valence electrons. The molecule has 0 unspecified atom stereocenters. The number of carbonyl (C=O) groups is 1. The molecule has 4 heteroatoms. The van der Waals surface area contributed by atoms with Gasteiger partial charge in [-0.15, -0.1) is 13.2 Å². The lowest BCUT2D eigenvalue weighted by Gasteiger charge is -2.11. The van der Waals surface area contributed by atoms with Crippen molar-refractivity contribution in [2.45, 2.75) is 46.3 Å². The zero-order valence-electron chi connectivity index (χ0n) is 14.6. The van der Waals surface area contributed by atoms with Crippen LogP contribution in [0.25, 0.3) is 5.57 Å². The minimum atomic E-state index is -0.0370. The summed E-state index contributed by atoms with van der Waals surface area (Å²) >= 11 is 0. The molecule has 0 aromatic carbocycles. The first-order valence-electron chi connectivity index (χ1n) is 8.01. The van der Waals surface area contributed by atoms with Crippen LogP contribution in [0.4, 0.5) is 0 Å². The van der Waals surface area contributed by atoms with Crippen LogP contribution in [-0.4, -0.2) is 30.3 Å². The van der Waals surface area contributed by atoms with Gasteiger partial charge in [0.25, 0.3) is 0 Å². The molecule has 0 aliphatic heterocycles. The van der Waals surface area contributed by atoms with Crippen molar-refractivity contribution >= 4 is 11.4 Å². The number of hydrogen-bond acceptors (Lipinski definition) is 4. The van der Waals surface area contributed by atoms with Crippen molar-refractivity contribution in [3.63, 3.8) is 0 Å². The molecule has 0 saturated carbocycles. The van der Waals surface area contributed by atoms with E-state index in [1.165, 1.54) is 5.57 Å². The molecule has 0 radical (unpaired) electrons. The van der Waals surface area contributed by atoms with E-state index in [0.717, 1.165) is 25.2 Å². The topological polar surface area (TPSA) is 48.4 Å². The number of ether oxygens (including phenoxy) is 2. The fourth-order valence-corrected chi connectivity index (χ4v) is 2.05. The zero-order valence-corrected chi connectivity index (χ0v) is 14.6. The van der Waals surface area contributed by atoms with Crippen LogP contribution >= 0.6 is 0 Å². The van der Waals surface area contributed by atoms with Crippen LogP contribution in [0.5, 0.6) is 0 Å². The number of nitrogens with zero attached hydrogens (tertiary/aromatic N) is 1. The minimum Gasteiger partial charge on any atom is -0.353 e. The molecule has 1 aliphatic carbocycles. The molecule has 1 aromatic rings. The SMILES string of the molecule is C=C.CCOC(C)OCC.O=C1CC=C(c2cccnc2)CC1. The third-order valence-electron chi connectivity index (χ3n) is 3.08. The molecular formula is C19H29NO3. The van der Waals surface area contributed by atoms with Crippen LogP contribution in [0, 0.1) is 0 Å². The van der Waals surface area contributed by atoms with Crippen molar-refractivity contribution in [3.05, 3.63) is 49.3 Å². The van der Waals surface area contributed by atoms with Crippen LogP contribution in [-0.2, 0) is 14.3 Å². The van der Waals surface area contributed by atoms with Crippen molar-refractivity contribution in [2.75, 3.05) is 13.2 Å². The summed E-state index contributed by atoms with van der Waals surface area (Å²) in [6, 6.07) is 3.96. The normalized spacial score (nSPS) is 13.4. The fraction of sp³-hybridized carbons (Fsp3) is 0.474. The highest BCUT2D eigenvalue weighted by molar-refractivity contribution is 5.86. The first-order valence-corrected chi connectivity index (χ1v) is 8.01. The van der Waals surface area contributed by atoms with E-state index in [1.54, 1.807) is 6.20 Å². The Labute approximate surface area is 140 Å². The Hall–Kier alpha value is -1.78. The molecule has 0 atom stereocenters. The van der Waals surface area contributed by atoms with E-state index < -0.39 is 0 Å². The van der Waals surface area contributed by atoms with E-state index in [4.69, 9.17) is 9.47 Å². The largest absolute Gasteiger partial charge is 0.353 e. The van der Waals surface area contributed by atoms with E-state index in [9.17, 15) is 4.79 Å². The van der Waals surface area contributed by atoms with Crippen LogP contribution < -0.4 is 0 Å². The smallest absolute Gasteiger partial charge is 0.154 e. The van der Waals surface area contributed by atoms with Crippen molar-refractivity contribution in [1.82, 2.24) is 4.98 Å². The Morgan fingerprint density at radius 2 is 1.87 bits per heavy atom. The maximum Gasteiger partial charge on any atom is 0.154 e. The molecule has 1 aliphatic rings. The molecule has 0 amide bonds. The zero-order chi connectivity index (χ0) is 17.5. The van der Waals surface area contributed by atoms with E-state index in [-0.39, 0.29) is 6.29 Å². The fourth-order valence-electron chi connectivity index (χ4n) is 2.05. The van der Waals surface area contributed by atoms with Gasteiger partial charge in [0.05, 0.1) is 0 Å². The summed E-state index contributed by atoms with van der Waals surface area (Å²) in [6.45, 7) is 13.3. The Balaban J connectivity index is 0.000000421. The van der Waals surface area contributed by atoms with Gasteiger partial charge in [0.1, 0.15) is 5.78 Å². The van der Waals surface area contributed by atoms with Gasteiger partial charge in [-0.2, -0.15) is 0 Å². The molecule has 0 saturated heterocycles. The van der Waals surface area contributed by atoms with Gasteiger partial charge < -0.3 is 9.47 Å². The molecule has 4 nitrogen and oxygen atoms in total. The Morgan fingerprint density at radius 1 is 1.22 bits per heavy atom. The predicted octanol–water partition coefficient (Wildman–Crippen LogP) is 4.43. The van der Waals surface area contributed by atoms with Crippen LogP contribution in [0.1, 0.15) is 45.6 Å². The summed E-state index contributed by atoms with van der Waals surface area (Å²) in [5, 5.41) is 0. The summed E-state index contributed by atoms with van der Waals surface area (Å²) < 4.78 is 10.1. The summed E-state index contributed by atoms with van der Waals surface area (Å²) in [4.78, 5) is 15.0. The molecule has 0 spiro atoms. The number of aromatic nitrogens is 1. The second-order valence-corrected chi connectivity index (χ2v) is 4.69. The third-order valence-corrected chi connectivity index (χ3v) is 3.08. The van der Waals surface area contributed by atoms with Gasteiger partial charge in [-0.3, -0.25) is 9.78 Å². The molecule has 0 fully saturated rings. The number of pyridine rings is 1. The van der Waals surface area contributed by atoms with Crippen molar-refractivity contribution < 1.29 is 14.3 Å². The third kappa shape index (κ3) is 9.76. The van der Waals surface area contributed by atoms with Gasteiger partial charge in [0, 0.05) is 38.4 Å². The summed E-state index contributed by atoms with van der Waals surface area (Å²) in [5.41, 5.74) is 2.41. The number of Topliss-reactive ketones (excluding diaryl/α,β-unsaturated/α-hetero) is 1. The molecule has 0 bridgehead atoms. The number of hydrogen-bond donors (Lipinski definition) is 0. The van der Waals surface area contributed by atoms with E-state index >= 15 is 0 Å². The maximum absolute atomic E-state index is 11.0. The number of rotatable bonds is 5. The molecular weight excluding hydrogens is 290 g/mol. The Bertz CT molecular complexity index is 451. The van der Waals surface area contributed by atoms with Crippen LogP contribution in [0.2, 0.25) is 0 Å². The minimum absolute atomic E-state index is 0.0370. The quantitative estimate of drug-likeness (QED) is 0.595. The highest BCUT2D eigenvalue weighted by atomic mass is 16.7. The Kier molecular flexibility index (Phi) is 12.8. The number of allylic oxidation sites excluding steroid dienone is 2. The average Bonchev–Trinajstić information content (AvgIpc) is 2.59. The standard InChI is InChI=1S/C11H11NO.C6H14O2.C2H4/c13-11-5-3-9(4-6-11)10-2-1-7-12-8-10;1-4-7-6(3)8-5-2;1-2/h1-3,7-8H,4-6H2;6H,4-5H2,1-3H3;1-2H2. The van der Waals surface area contributed by atoms with Crippen molar-refractivity contribution in [3.8, 4) is 0 Å². The molecule has 1 heterocycles. The van der Waals surface area contributed by atoms with Gasteiger partial charge in [0.15, 0.2) is 6.29 Å². The lowest BCUT2D eigenvalue weighted by atomic mass is 9.94. The molecule has 0 N–H and O–H groups in total. The summed E-state index contributed by atoms with van der Waals surface area (Å²) in [5.74, 6) is 0.340. The summed E-state index contributed by atoms with van der Waals surface area (Å²) in [7, 11) is 0. The van der Waals surface area contributed by atoms with E-state index in [0.29, 0.717) is 18.6 Å². The van der Waals surface area contributed by atoms with Gasteiger partial charge in [-0.05, 0) is 44.4 Å². The monoisotopic (exact) mass is 319 g/mol. The second-order valence-electron chi connectivity index (χ2n) is 4.69. The van der Waals surface area contributed by atoms with E-state index in [1.807, 2.05) is 45.2 Å². The van der Waals surface area contributed by atoms with Crippen LogP contribution in [0.15, 0.2) is 43.8 Å². The average molecular weight is 319 g/mol. The summed E-state index contributed by atoms with van der Waals surface area (Å²) in [6.07, 6.45) is 7.72. The lowest BCUT2D eigenvalue weighted by Crippen LogP contribution is -2.11.